The molecule has 0 radical (unpaired) electrons. The molecule has 1 rings (SSSR count). The minimum atomic E-state index is -1.72. The Morgan fingerprint density at radius 1 is 1.40 bits per heavy atom. The highest BCUT2D eigenvalue weighted by Crippen LogP contribution is 2.10. The minimum Gasteiger partial charge on any atom is -0.494 e. The van der Waals surface area contributed by atoms with Gasteiger partial charge in [-0.25, -0.2) is 4.39 Å². The van der Waals surface area contributed by atoms with Crippen molar-refractivity contribution in [3.8, 4) is 5.75 Å². The maximum Gasteiger partial charge on any atom is 0.492 e. The highest BCUT2D eigenvalue weighted by molar-refractivity contribution is 6.59. The summed E-state index contributed by atoms with van der Waals surface area (Å²) in [7, 11) is -1.72. The van der Waals surface area contributed by atoms with Crippen LogP contribution in [0.5, 0.6) is 5.75 Å². The first-order valence-electron chi connectivity index (χ1n) is 4.79. The third-order valence-corrected chi connectivity index (χ3v) is 1.82. The van der Waals surface area contributed by atoms with Crippen LogP contribution in [0.3, 0.4) is 0 Å². The number of ether oxygens (including phenoxy) is 1. The van der Waals surface area contributed by atoms with Crippen LogP contribution in [0.25, 0.3) is 0 Å². The average Bonchev–Trinajstić information content (AvgIpc) is 2.15. The minimum absolute atomic E-state index is 0.0515. The molecule has 0 heterocycles. The van der Waals surface area contributed by atoms with Crippen LogP contribution in [0.15, 0.2) is 18.2 Å². The van der Waals surface area contributed by atoms with Gasteiger partial charge in [0, 0.05) is 5.46 Å². The molecule has 0 amide bonds. The van der Waals surface area contributed by atoms with Gasteiger partial charge in [-0.15, -0.1) is 0 Å². The van der Waals surface area contributed by atoms with Crippen LogP contribution in [0.1, 0.15) is 13.8 Å². The second kappa shape index (κ2) is 5.14. The molecule has 0 fully saturated rings. The molecule has 0 aliphatic heterocycles. The zero-order valence-electron chi connectivity index (χ0n) is 8.77. The van der Waals surface area contributed by atoms with Crippen molar-refractivity contribution in [3.05, 3.63) is 24.0 Å². The fourth-order valence-corrected chi connectivity index (χ4v) is 1.11. The van der Waals surface area contributed by atoms with Gasteiger partial charge in [0.25, 0.3) is 0 Å². The van der Waals surface area contributed by atoms with Crippen LogP contribution in [-0.2, 0) is 0 Å². The second-order valence-corrected chi connectivity index (χ2v) is 3.76. The molecule has 0 atom stereocenters. The van der Waals surface area contributed by atoms with Crippen LogP contribution in [0.4, 0.5) is 4.39 Å². The van der Waals surface area contributed by atoms with Gasteiger partial charge >= 0.3 is 7.12 Å². The Labute approximate surface area is 88.7 Å². The lowest BCUT2D eigenvalue weighted by atomic mass is 9.79. The largest absolute Gasteiger partial charge is 0.494 e. The molecule has 0 aliphatic rings. The van der Waals surface area contributed by atoms with Gasteiger partial charge in [0.15, 0.2) is 0 Å². The molecule has 0 unspecified atom stereocenters. The van der Waals surface area contributed by atoms with E-state index in [2.05, 4.69) is 0 Å². The molecular formula is C10H14BFO3. The van der Waals surface area contributed by atoms with E-state index in [-0.39, 0.29) is 5.46 Å². The first-order chi connectivity index (χ1) is 7.00. The van der Waals surface area contributed by atoms with Gasteiger partial charge < -0.3 is 14.8 Å². The van der Waals surface area contributed by atoms with Crippen LogP contribution in [-0.4, -0.2) is 23.8 Å². The highest BCUT2D eigenvalue weighted by atomic mass is 19.1. The van der Waals surface area contributed by atoms with Crippen LogP contribution >= 0.6 is 0 Å². The predicted molar refractivity (Wildman–Crippen MR) is 56.6 cm³/mol. The molecule has 0 bridgehead atoms. The van der Waals surface area contributed by atoms with Crippen molar-refractivity contribution in [1.82, 2.24) is 0 Å². The molecule has 1 aromatic carbocycles. The maximum absolute atomic E-state index is 12.8. The Morgan fingerprint density at radius 3 is 2.60 bits per heavy atom. The van der Waals surface area contributed by atoms with Crippen molar-refractivity contribution in [2.24, 2.45) is 5.92 Å². The Hall–Kier alpha value is -1.07. The maximum atomic E-state index is 12.8. The number of benzene rings is 1. The Balaban J connectivity index is 2.86. The van der Waals surface area contributed by atoms with Crippen LogP contribution in [0, 0.1) is 11.7 Å². The van der Waals surface area contributed by atoms with Crippen molar-refractivity contribution in [1.29, 1.82) is 0 Å². The van der Waals surface area contributed by atoms with E-state index in [4.69, 9.17) is 14.8 Å². The molecule has 0 saturated heterocycles. The van der Waals surface area contributed by atoms with Crippen molar-refractivity contribution in [3.63, 3.8) is 0 Å². The molecule has 2 N–H and O–H groups in total. The third-order valence-electron chi connectivity index (χ3n) is 1.82. The van der Waals surface area contributed by atoms with Crippen molar-refractivity contribution >= 4 is 12.6 Å². The standard InChI is InChI=1S/C10H14BFO3/c1-7(2)6-15-10-4-3-8(12)5-9(10)11(13)14/h3-5,7,13-14H,6H2,1-2H3. The summed E-state index contributed by atoms with van der Waals surface area (Å²) in [5.74, 6) is 0.105. The van der Waals surface area contributed by atoms with E-state index in [1.165, 1.54) is 12.1 Å². The lowest BCUT2D eigenvalue weighted by molar-refractivity contribution is 0.271. The fourth-order valence-electron chi connectivity index (χ4n) is 1.11. The summed E-state index contributed by atoms with van der Waals surface area (Å²) in [5.41, 5.74) is 0.0515. The first-order valence-corrected chi connectivity index (χ1v) is 4.79. The summed E-state index contributed by atoms with van der Waals surface area (Å²) in [6, 6.07) is 3.67. The molecule has 0 spiro atoms. The van der Waals surface area contributed by atoms with E-state index in [1.54, 1.807) is 0 Å². The van der Waals surface area contributed by atoms with Gasteiger partial charge in [-0.2, -0.15) is 0 Å². The van der Waals surface area contributed by atoms with Gasteiger partial charge in [0.1, 0.15) is 11.6 Å². The average molecular weight is 212 g/mol. The SMILES string of the molecule is CC(C)COc1ccc(F)cc1B(O)O. The smallest absolute Gasteiger partial charge is 0.492 e. The zero-order valence-corrected chi connectivity index (χ0v) is 8.77. The topological polar surface area (TPSA) is 49.7 Å². The summed E-state index contributed by atoms with van der Waals surface area (Å²) in [5, 5.41) is 18.0. The first kappa shape index (κ1) is 12.0. The van der Waals surface area contributed by atoms with Gasteiger partial charge in [-0.3, -0.25) is 0 Å². The lowest BCUT2D eigenvalue weighted by Crippen LogP contribution is -2.32. The van der Waals surface area contributed by atoms with E-state index >= 15 is 0 Å². The second-order valence-electron chi connectivity index (χ2n) is 3.76. The van der Waals surface area contributed by atoms with E-state index in [0.29, 0.717) is 18.3 Å². The van der Waals surface area contributed by atoms with Crippen LogP contribution < -0.4 is 10.2 Å². The van der Waals surface area contributed by atoms with Gasteiger partial charge in [0.2, 0.25) is 0 Å². The Morgan fingerprint density at radius 2 is 2.07 bits per heavy atom. The molecule has 3 nitrogen and oxygen atoms in total. The summed E-state index contributed by atoms with van der Waals surface area (Å²) in [6.45, 7) is 4.39. The van der Waals surface area contributed by atoms with Crippen molar-refractivity contribution in [2.45, 2.75) is 13.8 Å². The molecule has 5 heteroatoms. The van der Waals surface area contributed by atoms with E-state index in [1.807, 2.05) is 13.8 Å². The van der Waals surface area contributed by atoms with Gasteiger partial charge in [-0.1, -0.05) is 13.8 Å². The summed E-state index contributed by atoms with van der Waals surface area (Å²) < 4.78 is 18.2. The molecular weight excluding hydrogens is 198 g/mol. The van der Waals surface area contributed by atoms with Crippen molar-refractivity contribution in [2.75, 3.05) is 6.61 Å². The predicted octanol–water partition coefficient (Wildman–Crippen LogP) is 0.540. The van der Waals surface area contributed by atoms with Gasteiger partial charge in [0.05, 0.1) is 6.61 Å². The summed E-state index contributed by atoms with van der Waals surface area (Å²) >= 11 is 0. The number of halogens is 1. The Bertz CT molecular complexity index is 328. The van der Waals surface area contributed by atoms with E-state index in [9.17, 15) is 4.39 Å². The fraction of sp³-hybridized carbons (Fsp3) is 0.400. The monoisotopic (exact) mass is 212 g/mol. The quantitative estimate of drug-likeness (QED) is 0.716. The molecule has 0 aromatic heterocycles. The molecule has 15 heavy (non-hydrogen) atoms. The van der Waals surface area contributed by atoms with Gasteiger partial charge in [-0.05, 0) is 24.1 Å². The highest BCUT2D eigenvalue weighted by Gasteiger charge is 2.18. The molecule has 0 aliphatic carbocycles. The lowest BCUT2D eigenvalue weighted by Gasteiger charge is -2.12. The van der Waals surface area contributed by atoms with Crippen LogP contribution in [0.2, 0.25) is 0 Å². The molecule has 0 saturated carbocycles. The number of rotatable bonds is 4. The molecule has 82 valence electrons. The number of hydrogen-bond acceptors (Lipinski definition) is 3. The summed E-state index contributed by atoms with van der Waals surface area (Å²) in [4.78, 5) is 0. The van der Waals surface area contributed by atoms with Crippen molar-refractivity contribution < 1.29 is 19.2 Å². The van der Waals surface area contributed by atoms with E-state index < -0.39 is 12.9 Å². The number of hydrogen-bond donors (Lipinski definition) is 2. The third kappa shape index (κ3) is 3.53. The van der Waals surface area contributed by atoms with E-state index in [0.717, 1.165) is 6.07 Å². The molecule has 1 aromatic rings. The Kier molecular flexibility index (Phi) is 4.11. The summed E-state index contributed by atoms with van der Waals surface area (Å²) in [6.07, 6.45) is 0. The zero-order chi connectivity index (χ0) is 11.4. The normalized spacial score (nSPS) is 10.5.